The van der Waals surface area contributed by atoms with E-state index in [0.29, 0.717) is 31.3 Å². The summed E-state index contributed by atoms with van der Waals surface area (Å²) in [6, 6.07) is 5.55. The molecule has 0 radical (unpaired) electrons. The molecule has 1 amide bonds. The highest BCUT2D eigenvalue weighted by Gasteiger charge is 2.05. The number of aromatic nitrogens is 2. The van der Waals surface area contributed by atoms with Gasteiger partial charge in [-0.1, -0.05) is 13.0 Å². The fourth-order valence-corrected chi connectivity index (χ4v) is 3.20. The van der Waals surface area contributed by atoms with E-state index in [-0.39, 0.29) is 5.91 Å². The molecule has 0 saturated heterocycles. The summed E-state index contributed by atoms with van der Waals surface area (Å²) in [6.45, 7) is 7.97. The summed E-state index contributed by atoms with van der Waals surface area (Å²) in [5.74, 6) is 1.22. The van der Waals surface area contributed by atoms with Crippen LogP contribution in [0.1, 0.15) is 35.8 Å². The molecule has 2 heterocycles. The molecule has 0 aliphatic carbocycles. The van der Waals surface area contributed by atoms with Crippen molar-refractivity contribution in [2.75, 3.05) is 25.0 Å². The Hall–Kier alpha value is -2.48. The first-order valence-electron chi connectivity index (χ1n) is 9.30. The summed E-state index contributed by atoms with van der Waals surface area (Å²) in [5.41, 5.74) is 0.874. The van der Waals surface area contributed by atoms with Gasteiger partial charge in [0.25, 0.3) is 0 Å². The molecule has 0 aliphatic heterocycles. The highest BCUT2D eigenvalue weighted by molar-refractivity contribution is 7.11. The van der Waals surface area contributed by atoms with Crippen LogP contribution in [0.3, 0.4) is 0 Å². The Kier molecular flexibility index (Phi) is 8.70. The van der Waals surface area contributed by atoms with Gasteiger partial charge in [0.1, 0.15) is 5.82 Å². The van der Waals surface area contributed by atoms with Gasteiger partial charge in [-0.15, -0.1) is 11.3 Å². The van der Waals surface area contributed by atoms with E-state index in [1.54, 1.807) is 17.4 Å². The van der Waals surface area contributed by atoms with Gasteiger partial charge in [0, 0.05) is 49.2 Å². The van der Waals surface area contributed by atoms with Crippen LogP contribution in [0.4, 0.5) is 5.82 Å². The third kappa shape index (κ3) is 7.74. The van der Waals surface area contributed by atoms with Gasteiger partial charge in [-0.2, -0.15) is 0 Å². The lowest BCUT2D eigenvalue weighted by atomic mass is 10.3. The SMILES string of the molecule is CCNC(=NCCc1ncc(CC)s1)NCCC(=O)Nc1cccc(C)n1. The highest BCUT2D eigenvalue weighted by atomic mass is 32.1. The molecule has 3 N–H and O–H groups in total. The number of pyridine rings is 1. The molecular formula is C19H28N6OS. The first-order chi connectivity index (χ1) is 13.1. The molecule has 8 heteroatoms. The normalized spacial score (nSPS) is 11.3. The van der Waals surface area contributed by atoms with E-state index < -0.39 is 0 Å². The molecule has 146 valence electrons. The van der Waals surface area contributed by atoms with Crippen LogP contribution >= 0.6 is 11.3 Å². The number of aliphatic imine (C=N–C) groups is 1. The van der Waals surface area contributed by atoms with Crippen LogP contribution < -0.4 is 16.0 Å². The monoisotopic (exact) mass is 388 g/mol. The molecule has 7 nitrogen and oxygen atoms in total. The van der Waals surface area contributed by atoms with Crippen molar-refractivity contribution in [3.63, 3.8) is 0 Å². The van der Waals surface area contributed by atoms with Gasteiger partial charge in [0.2, 0.25) is 5.91 Å². The average molecular weight is 389 g/mol. The molecule has 0 spiro atoms. The number of hydrogen-bond acceptors (Lipinski definition) is 5. The molecular weight excluding hydrogens is 360 g/mol. The van der Waals surface area contributed by atoms with Crippen LogP contribution in [-0.2, 0) is 17.6 Å². The number of thiazole rings is 1. The Bertz CT molecular complexity index is 758. The topological polar surface area (TPSA) is 91.3 Å². The number of hydrogen-bond donors (Lipinski definition) is 3. The quantitative estimate of drug-likeness (QED) is 0.454. The van der Waals surface area contributed by atoms with Crippen LogP contribution in [0.5, 0.6) is 0 Å². The van der Waals surface area contributed by atoms with Crippen molar-refractivity contribution in [1.29, 1.82) is 0 Å². The Labute approximate surface area is 164 Å². The van der Waals surface area contributed by atoms with Crippen molar-refractivity contribution in [2.45, 2.75) is 40.0 Å². The van der Waals surface area contributed by atoms with Gasteiger partial charge < -0.3 is 16.0 Å². The van der Waals surface area contributed by atoms with E-state index in [0.717, 1.165) is 30.1 Å². The molecule has 0 fully saturated rings. The second kappa shape index (κ2) is 11.3. The number of carbonyl (C=O) groups is 1. The Morgan fingerprint density at radius 3 is 2.81 bits per heavy atom. The van der Waals surface area contributed by atoms with Gasteiger partial charge in [-0.05, 0) is 32.4 Å². The van der Waals surface area contributed by atoms with Gasteiger partial charge in [-0.25, -0.2) is 9.97 Å². The summed E-state index contributed by atoms with van der Waals surface area (Å²) in [6.07, 6.45) is 4.12. The Morgan fingerprint density at radius 1 is 1.26 bits per heavy atom. The second-order valence-electron chi connectivity index (χ2n) is 5.97. The number of anilines is 1. The van der Waals surface area contributed by atoms with Crippen molar-refractivity contribution in [3.8, 4) is 0 Å². The molecule has 2 rings (SSSR count). The van der Waals surface area contributed by atoms with Crippen LogP contribution in [0, 0.1) is 6.92 Å². The Balaban J connectivity index is 1.74. The molecule has 0 unspecified atom stereocenters. The molecule has 0 atom stereocenters. The minimum absolute atomic E-state index is 0.0775. The lowest BCUT2D eigenvalue weighted by molar-refractivity contribution is -0.116. The number of guanidine groups is 1. The summed E-state index contributed by atoms with van der Waals surface area (Å²) < 4.78 is 0. The predicted octanol–water partition coefficient (Wildman–Crippen LogP) is 2.54. The molecule has 2 aromatic rings. The largest absolute Gasteiger partial charge is 0.357 e. The number of aryl methyl sites for hydroxylation is 2. The van der Waals surface area contributed by atoms with E-state index in [1.165, 1.54) is 4.88 Å². The van der Waals surface area contributed by atoms with Crippen molar-refractivity contribution in [2.24, 2.45) is 4.99 Å². The van der Waals surface area contributed by atoms with Gasteiger partial charge >= 0.3 is 0 Å². The van der Waals surface area contributed by atoms with Gasteiger partial charge in [0.05, 0.1) is 5.01 Å². The predicted molar refractivity (Wildman–Crippen MR) is 111 cm³/mol. The number of nitrogens with zero attached hydrogens (tertiary/aromatic N) is 3. The summed E-state index contributed by atoms with van der Waals surface area (Å²) in [7, 11) is 0. The fourth-order valence-electron chi connectivity index (χ4n) is 2.34. The Morgan fingerprint density at radius 2 is 2.11 bits per heavy atom. The molecule has 2 aromatic heterocycles. The van der Waals surface area contributed by atoms with E-state index in [2.05, 4.69) is 37.8 Å². The van der Waals surface area contributed by atoms with Crippen molar-refractivity contribution >= 4 is 29.0 Å². The first-order valence-corrected chi connectivity index (χ1v) is 10.1. The van der Waals surface area contributed by atoms with Crippen molar-refractivity contribution in [3.05, 3.63) is 40.0 Å². The minimum Gasteiger partial charge on any atom is -0.357 e. The van der Waals surface area contributed by atoms with Gasteiger partial charge in [0.15, 0.2) is 5.96 Å². The average Bonchev–Trinajstić information content (AvgIpc) is 3.10. The van der Waals surface area contributed by atoms with Crippen LogP contribution in [-0.4, -0.2) is 41.5 Å². The zero-order valence-corrected chi connectivity index (χ0v) is 17.0. The third-order valence-corrected chi connectivity index (χ3v) is 4.89. The smallest absolute Gasteiger partial charge is 0.227 e. The number of amides is 1. The molecule has 0 aromatic carbocycles. The molecule has 0 aliphatic rings. The molecule has 0 bridgehead atoms. The lowest BCUT2D eigenvalue weighted by Crippen LogP contribution is -2.38. The fraction of sp³-hybridized carbons (Fsp3) is 0.474. The minimum atomic E-state index is -0.0775. The maximum absolute atomic E-state index is 12.0. The van der Waals surface area contributed by atoms with E-state index in [9.17, 15) is 4.79 Å². The van der Waals surface area contributed by atoms with E-state index >= 15 is 0 Å². The zero-order valence-electron chi connectivity index (χ0n) is 16.2. The van der Waals surface area contributed by atoms with E-state index in [4.69, 9.17) is 0 Å². The number of rotatable bonds is 9. The summed E-state index contributed by atoms with van der Waals surface area (Å²) in [4.78, 5) is 26.6. The lowest BCUT2D eigenvalue weighted by Gasteiger charge is -2.11. The maximum atomic E-state index is 12.0. The van der Waals surface area contributed by atoms with Gasteiger partial charge in [-0.3, -0.25) is 9.79 Å². The second-order valence-corrected chi connectivity index (χ2v) is 7.17. The molecule has 0 saturated carbocycles. The van der Waals surface area contributed by atoms with Crippen LogP contribution in [0.2, 0.25) is 0 Å². The van der Waals surface area contributed by atoms with Crippen molar-refractivity contribution < 1.29 is 4.79 Å². The maximum Gasteiger partial charge on any atom is 0.227 e. The number of carbonyl (C=O) groups excluding carboxylic acids is 1. The van der Waals surface area contributed by atoms with Crippen molar-refractivity contribution in [1.82, 2.24) is 20.6 Å². The first kappa shape index (κ1) is 20.8. The summed E-state index contributed by atoms with van der Waals surface area (Å²) in [5, 5.41) is 10.3. The van der Waals surface area contributed by atoms with Crippen LogP contribution in [0.25, 0.3) is 0 Å². The summed E-state index contributed by atoms with van der Waals surface area (Å²) >= 11 is 1.74. The molecule has 27 heavy (non-hydrogen) atoms. The third-order valence-electron chi connectivity index (χ3n) is 3.69. The van der Waals surface area contributed by atoms with Crippen LogP contribution in [0.15, 0.2) is 29.4 Å². The standard InChI is InChI=1S/C19H28N6OS/c1-4-15-13-23-18(27-15)10-12-22-19(20-5-2)21-11-9-17(26)25-16-8-6-7-14(3)24-16/h6-8,13H,4-5,9-12H2,1-3H3,(H2,20,21,22)(H,24,25,26). The van der Waals surface area contributed by atoms with E-state index in [1.807, 2.05) is 32.2 Å². The highest BCUT2D eigenvalue weighted by Crippen LogP contribution is 2.13. The zero-order chi connectivity index (χ0) is 19.5. The number of nitrogens with one attached hydrogen (secondary N) is 3.